The number of aromatic nitrogens is 3. The molecule has 3 aromatic carbocycles. The highest BCUT2D eigenvalue weighted by Gasteiger charge is 2.65. The Bertz CT molecular complexity index is 1750. The van der Waals surface area contributed by atoms with Crippen molar-refractivity contribution in [1.82, 2.24) is 15.0 Å². The van der Waals surface area contributed by atoms with Gasteiger partial charge in [0.05, 0.1) is 23.0 Å². The molecular formula is C31H32FN5O4Si. The van der Waals surface area contributed by atoms with Crippen molar-refractivity contribution in [1.29, 1.82) is 0 Å². The molecule has 11 heteroatoms. The average Bonchev–Trinajstić information content (AvgIpc) is 3.68. The number of fused-ring (bicyclic) bond motifs is 2. The van der Waals surface area contributed by atoms with Crippen LogP contribution < -0.4 is 10.2 Å². The summed E-state index contributed by atoms with van der Waals surface area (Å²) < 4.78 is 24.4. The third-order valence-corrected chi connectivity index (χ3v) is 11.6. The third kappa shape index (κ3) is 3.87. The van der Waals surface area contributed by atoms with Crippen LogP contribution in [0.15, 0.2) is 60.8 Å². The van der Waals surface area contributed by atoms with E-state index in [1.807, 2.05) is 61.5 Å². The van der Waals surface area contributed by atoms with Crippen molar-refractivity contribution in [3.63, 3.8) is 0 Å². The quantitative estimate of drug-likeness (QED) is 0.231. The van der Waals surface area contributed by atoms with Crippen LogP contribution in [0.25, 0.3) is 10.8 Å². The Morgan fingerprint density at radius 3 is 2.69 bits per heavy atom. The van der Waals surface area contributed by atoms with Crippen LogP contribution in [0, 0.1) is 5.92 Å². The minimum atomic E-state index is -3.31. The van der Waals surface area contributed by atoms with Crippen molar-refractivity contribution >= 4 is 48.1 Å². The molecule has 0 aliphatic carbocycles. The van der Waals surface area contributed by atoms with E-state index in [0.29, 0.717) is 47.6 Å². The highest BCUT2D eigenvalue weighted by atomic mass is 28.4. The molecule has 1 fully saturated rings. The first kappa shape index (κ1) is 26.9. The molecule has 0 saturated carbocycles. The maximum atomic E-state index is 16.0. The molecule has 0 bridgehead atoms. The van der Waals surface area contributed by atoms with Gasteiger partial charge in [0.25, 0.3) is 11.8 Å². The topological polar surface area (TPSA) is 110 Å². The molecule has 42 heavy (non-hydrogen) atoms. The number of nitrogens with one attached hydrogen (secondary N) is 1. The normalized spacial score (nSPS) is 24.7. The van der Waals surface area contributed by atoms with E-state index in [4.69, 9.17) is 4.74 Å². The van der Waals surface area contributed by atoms with Crippen LogP contribution in [0.3, 0.4) is 0 Å². The smallest absolute Gasteiger partial charge is 0.263 e. The van der Waals surface area contributed by atoms with Crippen molar-refractivity contribution in [2.75, 3.05) is 16.8 Å². The first-order chi connectivity index (χ1) is 20.1. The molecule has 0 radical (unpaired) electrons. The molecule has 1 saturated heterocycles. The number of halogens is 1. The third-order valence-electron chi connectivity index (χ3n) is 9.11. The second-order valence-corrected chi connectivity index (χ2v) is 15.8. The second-order valence-electron chi connectivity index (χ2n) is 12.0. The monoisotopic (exact) mass is 585 g/mol. The summed E-state index contributed by atoms with van der Waals surface area (Å²) in [6.07, 6.45) is 2.10. The Hall–Kier alpha value is -3.93. The maximum Gasteiger partial charge on any atom is 0.263 e. The predicted molar refractivity (Wildman–Crippen MR) is 159 cm³/mol. The van der Waals surface area contributed by atoms with Crippen molar-refractivity contribution in [3.05, 3.63) is 77.6 Å². The van der Waals surface area contributed by atoms with Crippen LogP contribution in [0.4, 0.5) is 21.2 Å². The zero-order valence-corrected chi connectivity index (χ0v) is 24.7. The van der Waals surface area contributed by atoms with Crippen molar-refractivity contribution in [3.8, 4) is 0 Å². The predicted octanol–water partition coefficient (Wildman–Crippen LogP) is 5.08. The van der Waals surface area contributed by atoms with Gasteiger partial charge >= 0.3 is 0 Å². The molecule has 1 aromatic heterocycles. The summed E-state index contributed by atoms with van der Waals surface area (Å²) in [5, 5.41) is 22.3. The highest BCUT2D eigenvalue weighted by Crippen LogP contribution is 2.59. The molecule has 4 aromatic rings. The Kier molecular flexibility index (Phi) is 6.12. The first-order valence-electron chi connectivity index (χ1n) is 14.3. The van der Waals surface area contributed by atoms with Gasteiger partial charge in [0.1, 0.15) is 0 Å². The van der Waals surface area contributed by atoms with Crippen molar-refractivity contribution < 1.29 is 23.5 Å². The number of ether oxygens (including phenoxy) is 1. The number of aliphatic hydroxyl groups excluding tert-OH is 1. The minimum Gasteiger partial charge on any atom is -0.396 e. The number of carbonyl (C=O) groups is 2. The summed E-state index contributed by atoms with van der Waals surface area (Å²) in [5.74, 6) is -0.881. The molecule has 3 aliphatic heterocycles. The average molecular weight is 586 g/mol. The van der Waals surface area contributed by atoms with Gasteiger partial charge in [0, 0.05) is 59.6 Å². The molecule has 2 amide bonds. The number of aliphatic hydroxyl groups is 1. The molecule has 216 valence electrons. The van der Waals surface area contributed by atoms with Gasteiger partial charge in [-0.15, -0.1) is 5.10 Å². The maximum absolute atomic E-state index is 16.0. The molecule has 3 aliphatic rings. The zero-order valence-electron chi connectivity index (χ0n) is 23.7. The summed E-state index contributed by atoms with van der Waals surface area (Å²) in [5.41, 5.74) is 2.14. The van der Waals surface area contributed by atoms with Crippen LogP contribution in [0.5, 0.6) is 0 Å². The minimum absolute atomic E-state index is 0.0189. The van der Waals surface area contributed by atoms with Crippen LogP contribution in [-0.4, -0.2) is 53.0 Å². The summed E-state index contributed by atoms with van der Waals surface area (Å²) in [6, 6.07) is 17.1. The van der Waals surface area contributed by atoms with Crippen LogP contribution in [0.1, 0.15) is 35.0 Å². The second kappa shape index (κ2) is 9.55. The van der Waals surface area contributed by atoms with Crippen molar-refractivity contribution in [2.24, 2.45) is 5.92 Å². The van der Waals surface area contributed by atoms with Gasteiger partial charge < -0.3 is 19.3 Å². The standard InChI is InChI=1S/C31H32FN5O4Si/c1-18-28(42(2,3)32)26(12-14-36-17-20(13-15-38)34-35-36)41-31(18)23-16-21(10-11-24(23)33-30(31)40)37-25-9-5-7-19-6-4-8-22(27(19)25)29(37)39/h4-11,16-18,26,28,38H,12-15H2,1-3H3,(H,33,40)/t18-,26+,28-,31+/m0/s1. The number of hydrogen-bond acceptors (Lipinski definition) is 6. The number of amides is 2. The van der Waals surface area contributed by atoms with Crippen LogP contribution >= 0.6 is 0 Å². The van der Waals surface area contributed by atoms with Crippen LogP contribution in [-0.2, 0) is 28.1 Å². The lowest BCUT2D eigenvalue weighted by Crippen LogP contribution is -2.42. The molecule has 4 heterocycles. The van der Waals surface area contributed by atoms with E-state index >= 15 is 4.11 Å². The fourth-order valence-electron chi connectivity index (χ4n) is 7.37. The Morgan fingerprint density at radius 1 is 1.14 bits per heavy atom. The molecule has 4 atom stereocenters. The largest absolute Gasteiger partial charge is 0.396 e. The molecule has 7 rings (SSSR count). The summed E-state index contributed by atoms with van der Waals surface area (Å²) in [6.45, 7) is 5.67. The Labute approximate surface area is 243 Å². The van der Waals surface area contributed by atoms with Crippen molar-refractivity contribution in [2.45, 2.75) is 56.7 Å². The van der Waals surface area contributed by atoms with Gasteiger partial charge in [0.2, 0.25) is 8.41 Å². The van der Waals surface area contributed by atoms with E-state index in [9.17, 15) is 14.7 Å². The molecule has 2 N–H and O–H groups in total. The Morgan fingerprint density at radius 2 is 1.93 bits per heavy atom. The van der Waals surface area contributed by atoms with Gasteiger partial charge in [-0.1, -0.05) is 36.4 Å². The van der Waals surface area contributed by atoms with E-state index in [2.05, 4.69) is 15.6 Å². The number of benzene rings is 3. The van der Waals surface area contributed by atoms with E-state index in [-0.39, 0.29) is 18.4 Å². The lowest BCUT2D eigenvalue weighted by molar-refractivity contribution is -0.143. The molecular weight excluding hydrogens is 553 g/mol. The highest BCUT2D eigenvalue weighted by molar-refractivity contribution is 6.72. The lowest BCUT2D eigenvalue weighted by Gasteiger charge is -2.31. The fourth-order valence-corrected chi connectivity index (χ4v) is 9.91. The van der Waals surface area contributed by atoms with Gasteiger partial charge in [0.15, 0.2) is 5.60 Å². The number of aryl methyl sites for hydroxylation is 1. The number of carbonyl (C=O) groups excluding carboxylic acids is 2. The van der Waals surface area contributed by atoms with Gasteiger partial charge in [-0.05, 0) is 55.2 Å². The number of anilines is 3. The van der Waals surface area contributed by atoms with Gasteiger partial charge in [-0.3, -0.25) is 19.2 Å². The molecule has 9 nitrogen and oxygen atoms in total. The summed E-state index contributed by atoms with van der Waals surface area (Å²) >= 11 is 0. The SMILES string of the molecule is C[C@H]1[C@H]([Si](C)(C)F)[C@@H](CCn2cc(CCO)nn2)O[C@]12C(=O)Nc1ccc(N3C(=O)c4cccc5cccc3c45)cc12. The summed E-state index contributed by atoms with van der Waals surface area (Å²) in [4.78, 5) is 29.1. The van der Waals surface area contributed by atoms with E-state index in [1.54, 1.807) is 28.9 Å². The first-order valence-corrected chi connectivity index (χ1v) is 17.3. The fraction of sp³-hybridized carbons (Fsp3) is 0.355. The number of hydrogen-bond donors (Lipinski definition) is 2. The number of rotatable bonds is 7. The van der Waals surface area contributed by atoms with Crippen LogP contribution in [0.2, 0.25) is 18.6 Å². The van der Waals surface area contributed by atoms with E-state index in [1.165, 1.54) is 0 Å². The lowest BCUT2D eigenvalue weighted by atomic mass is 9.82. The van der Waals surface area contributed by atoms with E-state index in [0.717, 1.165) is 16.5 Å². The molecule has 1 spiro atoms. The van der Waals surface area contributed by atoms with Gasteiger partial charge in [-0.25, -0.2) is 0 Å². The molecule has 0 unspecified atom stereocenters. The zero-order chi connectivity index (χ0) is 29.4. The number of nitrogens with zero attached hydrogens (tertiary/aromatic N) is 4. The van der Waals surface area contributed by atoms with E-state index < -0.39 is 31.6 Å². The Balaban J connectivity index is 1.26. The summed E-state index contributed by atoms with van der Waals surface area (Å²) in [7, 11) is -3.31. The van der Waals surface area contributed by atoms with Gasteiger partial charge in [-0.2, -0.15) is 0 Å².